The molecule has 0 aliphatic heterocycles. The fourth-order valence-electron chi connectivity index (χ4n) is 3.02. The van der Waals surface area contributed by atoms with Crippen molar-refractivity contribution in [1.82, 2.24) is 25.3 Å². The third-order valence-electron chi connectivity index (χ3n) is 4.41. The van der Waals surface area contributed by atoms with E-state index in [0.717, 1.165) is 5.52 Å². The molecule has 1 aliphatic carbocycles. The van der Waals surface area contributed by atoms with Gasteiger partial charge in [0.15, 0.2) is 5.69 Å². The number of imidazole rings is 2. The molecule has 2 heterocycles. The van der Waals surface area contributed by atoms with Gasteiger partial charge in [-0.1, -0.05) is 29.8 Å². The molecule has 10 heteroatoms. The van der Waals surface area contributed by atoms with Crippen LogP contribution in [0.4, 0.5) is 5.95 Å². The minimum Gasteiger partial charge on any atom is -0.375 e. The van der Waals surface area contributed by atoms with Crippen LogP contribution >= 0.6 is 11.6 Å². The lowest BCUT2D eigenvalue weighted by atomic mass is 10.1. The van der Waals surface area contributed by atoms with E-state index in [2.05, 4.69) is 30.6 Å². The number of aromatic nitrogens is 4. The Labute approximate surface area is 170 Å². The van der Waals surface area contributed by atoms with Crippen LogP contribution in [0.1, 0.15) is 21.0 Å². The summed E-state index contributed by atoms with van der Waals surface area (Å²) in [6.45, 7) is 0. The van der Waals surface area contributed by atoms with Crippen molar-refractivity contribution < 1.29 is 14.3 Å². The van der Waals surface area contributed by atoms with Crippen molar-refractivity contribution in [2.75, 3.05) is 12.4 Å². The van der Waals surface area contributed by atoms with Crippen LogP contribution in [0.15, 0.2) is 53.9 Å². The molecule has 29 heavy (non-hydrogen) atoms. The molecule has 2 atom stereocenters. The molecule has 3 aromatic rings. The molecule has 9 nitrogen and oxygen atoms in total. The minimum absolute atomic E-state index is 0.0124. The van der Waals surface area contributed by atoms with Gasteiger partial charge in [0.05, 0.1) is 29.5 Å². The zero-order valence-corrected chi connectivity index (χ0v) is 16.0. The number of ether oxygens (including phenoxy) is 1. The number of amides is 2. The molecule has 0 bridgehead atoms. The molecule has 0 saturated heterocycles. The Morgan fingerprint density at radius 2 is 2.07 bits per heavy atom. The number of carbonyl (C=O) groups excluding carboxylic acids is 2. The number of hydrogen-bond donors (Lipinski definition) is 4. The summed E-state index contributed by atoms with van der Waals surface area (Å²) in [5.41, 5.74) is 1.46. The second-order valence-corrected chi connectivity index (χ2v) is 6.73. The van der Waals surface area contributed by atoms with Gasteiger partial charge in [-0.3, -0.25) is 14.9 Å². The molecule has 1 aromatic carbocycles. The smallest absolute Gasteiger partial charge is 0.276 e. The zero-order valence-electron chi connectivity index (χ0n) is 15.3. The number of aromatic amines is 2. The molecule has 2 amide bonds. The largest absolute Gasteiger partial charge is 0.375 e. The van der Waals surface area contributed by atoms with Gasteiger partial charge < -0.3 is 20.0 Å². The van der Waals surface area contributed by atoms with Crippen molar-refractivity contribution in [2.24, 2.45) is 0 Å². The highest BCUT2D eigenvalue weighted by Gasteiger charge is 2.27. The first-order chi connectivity index (χ1) is 14.0. The summed E-state index contributed by atoms with van der Waals surface area (Å²) >= 11 is 6.02. The third kappa shape index (κ3) is 3.91. The van der Waals surface area contributed by atoms with E-state index in [4.69, 9.17) is 16.3 Å². The van der Waals surface area contributed by atoms with Gasteiger partial charge in [0, 0.05) is 12.1 Å². The fourth-order valence-corrected chi connectivity index (χ4v) is 3.23. The van der Waals surface area contributed by atoms with E-state index in [1.807, 2.05) is 24.3 Å². The van der Waals surface area contributed by atoms with Crippen LogP contribution in [0.2, 0.25) is 0 Å². The second-order valence-electron chi connectivity index (χ2n) is 6.29. The van der Waals surface area contributed by atoms with Gasteiger partial charge in [-0.15, -0.1) is 0 Å². The maximum absolute atomic E-state index is 12.7. The van der Waals surface area contributed by atoms with Gasteiger partial charge in [-0.25, -0.2) is 9.97 Å². The highest BCUT2D eigenvalue weighted by molar-refractivity contribution is 6.31. The first kappa shape index (κ1) is 18.9. The van der Waals surface area contributed by atoms with Crippen molar-refractivity contribution >= 4 is 40.4 Å². The zero-order chi connectivity index (χ0) is 20.4. The average molecular weight is 413 g/mol. The average Bonchev–Trinajstić information content (AvgIpc) is 3.34. The van der Waals surface area contributed by atoms with Crippen LogP contribution < -0.4 is 10.6 Å². The highest BCUT2D eigenvalue weighted by atomic mass is 35.5. The molecular weight excluding hydrogens is 396 g/mol. The number of benzene rings is 1. The molecule has 1 aliphatic rings. The highest BCUT2D eigenvalue weighted by Crippen LogP contribution is 2.18. The van der Waals surface area contributed by atoms with E-state index >= 15 is 0 Å². The standard InChI is InChI=1S/C19H17ClN6O3/c1-29-14-7-6-10(20)8-13(14)23-17(27)15-16(22-9-21-15)18(28)26-19-24-11-4-2-3-5-12(11)25-19/h2-9,13-14H,1H3,(H,21,22)(H,23,27)(H2,24,25,26,28). The summed E-state index contributed by atoms with van der Waals surface area (Å²) in [5, 5.41) is 5.89. The van der Waals surface area contributed by atoms with Gasteiger partial charge in [0.2, 0.25) is 5.95 Å². The Kier molecular flexibility index (Phi) is 5.15. The first-order valence-electron chi connectivity index (χ1n) is 8.74. The Hall–Kier alpha value is -3.43. The van der Waals surface area contributed by atoms with Crippen LogP contribution in [0.5, 0.6) is 0 Å². The number of methoxy groups -OCH3 is 1. The predicted molar refractivity (Wildman–Crippen MR) is 108 cm³/mol. The number of allylic oxidation sites excluding steroid dienone is 2. The molecule has 0 radical (unpaired) electrons. The number of para-hydroxylation sites is 2. The lowest BCUT2D eigenvalue weighted by Crippen LogP contribution is -2.43. The second kappa shape index (κ2) is 7.90. The van der Waals surface area contributed by atoms with Crippen LogP contribution in [-0.4, -0.2) is 51.0 Å². The summed E-state index contributed by atoms with van der Waals surface area (Å²) in [4.78, 5) is 39.3. The number of H-pyrrole nitrogens is 2. The summed E-state index contributed by atoms with van der Waals surface area (Å²) in [6, 6.07) is 6.88. The summed E-state index contributed by atoms with van der Waals surface area (Å²) < 4.78 is 5.33. The SMILES string of the molecule is COC1C=CC(Cl)=CC1NC(=O)c1nc[nH]c1C(=O)Nc1nc2ccccc2[nH]1. The Bertz CT molecular complexity index is 1100. The first-order valence-corrected chi connectivity index (χ1v) is 9.11. The summed E-state index contributed by atoms with van der Waals surface area (Å²) in [6.07, 6.45) is 5.99. The number of carbonyl (C=O) groups is 2. The van der Waals surface area contributed by atoms with E-state index in [1.165, 1.54) is 13.4 Å². The Morgan fingerprint density at radius 1 is 1.24 bits per heavy atom. The Morgan fingerprint density at radius 3 is 2.86 bits per heavy atom. The lowest BCUT2D eigenvalue weighted by Gasteiger charge is -2.24. The van der Waals surface area contributed by atoms with Crippen molar-refractivity contribution in [3.8, 4) is 0 Å². The van der Waals surface area contributed by atoms with Crippen molar-refractivity contribution in [2.45, 2.75) is 12.1 Å². The van der Waals surface area contributed by atoms with Crippen LogP contribution in [-0.2, 0) is 4.74 Å². The minimum atomic E-state index is -0.549. The van der Waals surface area contributed by atoms with Gasteiger partial charge in [0.1, 0.15) is 5.69 Å². The molecule has 0 spiro atoms. The van der Waals surface area contributed by atoms with Gasteiger partial charge in [-0.2, -0.15) is 0 Å². The fraction of sp³-hybridized carbons (Fsp3) is 0.158. The van der Waals surface area contributed by atoms with E-state index < -0.39 is 17.9 Å². The maximum Gasteiger partial charge on any atom is 0.276 e. The van der Waals surface area contributed by atoms with E-state index in [0.29, 0.717) is 10.5 Å². The van der Waals surface area contributed by atoms with Crippen LogP contribution in [0.25, 0.3) is 11.0 Å². The number of rotatable bonds is 5. The lowest BCUT2D eigenvalue weighted by molar-refractivity contribution is 0.0839. The van der Waals surface area contributed by atoms with Crippen LogP contribution in [0.3, 0.4) is 0 Å². The summed E-state index contributed by atoms with van der Waals surface area (Å²) in [7, 11) is 1.53. The monoisotopic (exact) mass is 412 g/mol. The molecular formula is C19H17ClN6O3. The number of nitrogens with zero attached hydrogens (tertiary/aromatic N) is 2. The molecule has 4 rings (SSSR count). The van der Waals surface area contributed by atoms with Gasteiger partial charge >= 0.3 is 0 Å². The maximum atomic E-state index is 12.7. The quantitative estimate of drug-likeness (QED) is 0.512. The number of fused-ring (bicyclic) bond motifs is 1. The molecule has 148 valence electrons. The predicted octanol–water partition coefficient (Wildman–Crippen LogP) is 2.34. The van der Waals surface area contributed by atoms with Crippen molar-refractivity contribution in [1.29, 1.82) is 0 Å². The van der Waals surface area contributed by atoms with Crippen LogP contribution in [0, 0.1) is 0 Å². The number of halogens is 1. The Balaban J connectivity index is 1.50. The van der Waals surface area contributed by atoms with E-state index in [9.17, 15) is 9.59 Å². The third-order valence-corrected chi connectivity index (χ3v) is 4.66. The topological polar surface area (TPSA) is 125 Å². The number of anilines is 1. The molecule has 4 N–H and O–H groups in total. The van der Waals surface area contributed by atoms with Gasteiger partial charge in [-0.05, 0) is 24.3 Å². The van der Waals surface area contributed by atoms with Gasteiger partial charge in [0.25, 0.3) is 11.8 Å². The number of nitrogens with one attached hydrogen (secondary N) is 4. The van der Waals surface area contributed by atoms with Crippen molar-refractivity contribution in [3.05, 3.63) is 65.2 Å². The molecule has 0 fully saturated rings. The normalized spacial score (nSPS) is 18.5. The molecule has 0 saturated carbocycles. The molecule has 2 aromatic heterocycles. The number of hydrogen-bond acceptors (Lipinski definition) is 5. The van der Waals surface area contributed by atoms with Crippen molar-refractivity contribution in [3.63, 3.8) is 0 Å². The summed E-state index contributed by atoms with van der Waals surface area (Å²) in [5.74, 6) is -0.820. The van der Waals surface area contributed by atoms with E-state index in [-0.39, 0.29) is 23.4 Å². The van der Waals surface area contributed by atoms with E-state index in [1.54, 1.807) is 18.2 Å². The molecule has 2 unspecified atom stereocenters.